The average molecular weight is 487 g/mol. The molecular formula is C24H30N4O7. The van der Waals surface area contributed by atoms with Crippen molar-refractivity contribution in [3.05, 3.63) is 47.0 Å². The van der Waals surface area contributed by atoms with Crippen LogP contribution in [0.2, 0.25) is 0 Å². The van der Waals surface area contributed by atoms with Crippen LogP contribution in [-0.2, 0) is 22.4 Å². The first-order valence-electron chi connectivity index (χ1n) is 11.1. The van der Waals surface area contributed by atoms with Crippen molar-refractivity contribution in [2.75, 3.05) is 20.1 Å². The largest absolute Gasteiger partial charge is 0.508 e. The number of phenolic OH excluding ortho intramolecular Hbond substituents is 2. The second kappa shape index (κ2) is 10.7. The fourth-order valence-electron chi connectivity index (χ4n) is 4.03. The number of aliphatic hydroxyl groups excluding tert-OH is 1. The van der Waals surface area contributed by atoms with Crippen LogP contribution in [-0.4, -0.2) is 81.4 Å². The number of nitrogens with zero attached hydrogens (tertiary/aromatic N) is 1. The highest BCUT2D eigenvalue weighted by atomic mass is 16.4. The number of carbonyl (C=O) groups excluding carboxylic acids is 2. The van der Waals surface area contributed by atoms with E-state index in [4.69, 9.17) is 11.5 Å². The molecule has 3 rings (SSSR count). The summed E-state index contributed by atoms with van der Waals surface area (Å²) in [6.45, 7) is 0.0267. The van der Waals surface area contributed by atoms with Gasteiger partial charge < -0.3 is 42.1 Å². The lowest BCUT2D eigenvalue weighted by atomic mass is 9.93. The Bertz CT molecular complexity index is 1140. The van der Waals surface area contributed by atoms with Crippen molar-refractivity contribution < 1.29 is 34.8 Å². The first-order valence-corrected chi connectivity index (χ1v) is 11.1. The molecule has 2 amide bonds. The van der Waals surface area contributed by atoms with Crippen LogP contribution in [0.1, 0.15) is 27.9 Å². The van der Waals surface area contributed by atoms with E-state index in [1.54, 1.807) is 0 Å². The molecule has 9 N–H and O–H groups in total. The Kier molecular flexibility index (Phi) is 7.95. The minimum Gasteiger partial charge on any atom is -0.508 e. The first-order chi connectivity index (χ1) is 16.5. The molecule has 0 saturated heterocycles. The standard InChI is InChI=1S/C24H30N4O7/c1-28-5-4-13-7-16(17(24(34)35)10-21(13)31)12-2-3-20(30)14(6-12)8-18(26)22(32)27-19(23(28)33)9-15(29)11-25/h2-3,6-7,10,15,18-19,29-31H,4-5,8-9,11,25-26H2,1H3,(H,27,32)(H,34,35)/t15-,18+,19+/m1/s1. The van der Waals surface area contributed by atoms with Crippen LogP contribution in [0.25, 0.3) is 11.1 Å². The van der Waals surface area contributed by atoms with Gasteiger partial charge in [-0.3, -0.25) is 9.59 Å². The van der Waals surface area contributed by atoms with E-state index in [0.717, 1.165) is 6.07 Å². The van der Waals surface area contributed by atoms with Crippen LogP contribution in [0.3, 0.4) is 0 Å². The lowest BCUT2D eigenvalue weighted by molar-refractivity contribution is -0.136. The topological polar surface area (TPSA) is 199 Å². The van der Waals surface area contributed by atoms with Crippen LogP contribution in [0.4, 0.5) is 0 Å². The van der Waals surface area contributed by atoms with Gasteiger partial charge in [-0.25, -0.2) is 4.79 Å². The van der Waals surface area contributed by atoms with Gasteiger partial charge in [0.15, 0.2) is 0 Å². The van der Waals surface area contributed by atoms with Gasteiger partial charge in [-0.1, -0.05) is 6.07 Å². The zero-order chi connectivity index (χ0) is 25.9. The minimum absolute atomic E-state index is 0.102. The second-order valence-electron chi connectivity index (χ2n) is 8.68. The Morgan fingerprint density at radius 1 is 1.17 bits per heavy atom. The smallest absolute Gasteiger partial charge is 0.336 e. The normalized spacial score (nSPS) is 19.9. The number of hydrogen-bond donors (Lipinski definition) is 7. The Hall–Kier alpha value is -3.67. The number of nitrogens with two attached hydrogens (primary N) is 2. The van der Waals surface area contributed by atoms with Crippen molar-refractivity contribution in [3.63, 3.8) is 0 Å². The molecule has 2 aromatic rings. The summed E-state index contributed by atoms with van der Waals surface area (Å²) in [5, 5.41) is 43.1. The number of nitrogens with one attached hydrogen (secondary N) is 1. The van der Waals surface area contributed by atoms with E-state index in [1.807, 2.05) is 0 Å². The lowest BCUT2D eigenvalue weighted by Gasteiger charge is -2.27. The van der Waals surface area contributed by atoms with Gasteiger partial charge in [-0.15, -0.1) is 0 Å². The number of aliphatic hydroxyl groups is 1. The van der Waals surface area contributed by atoms with Crippen LogP contribution in [0, 0.1) is 0 Å². The van der Waals surface area contributed by atoms with E-state index in [0.29, 0.717) is 22.3 Å². The first kappa shape index (κ1) is 25.9. The van der Waals surface area contributed by atoms with Gasteiger partial charge in [0, 0.05) is 33.0 Å². The molecule has 0 unspecified atom stereocenters. The number of fused-ring (bicyclic) bond motifs is 5. The van der Waals surface area contributed by atoms with Crippen LogP contribution in [0.15, 0.2) is 30.3 Å². The Labute approximate surface area is 202 Å². The maximum Gasteiger partial charge on any atom is 0.336 e. The summed E-state index contributed by atoms with van der Waals surface area (Å²) in [7, 11) is 1.51. The Morgan fingerprint density at radius 2 is 1.89 bits per heavy atom. The van der Waals surface area contributed by atoms with Gasteiger partial charge in [0.25, 0.3) is 0 Å². The van der Waals surface area contributed by atoms with Crippen molar-refractivity contribution in [3.8, 4) is 22.6 Å². The number of carbonyl (C=O) groups is 3. The Balaban J connectivity index is 2.12. The molecule has 1 aliphatic rings. The highest BCUT2D eigenvalue weighted by Crippen LogP contribution is 2.33. The van der Waals surface area contributed by atoms with Crippen LogP contribution < -0.4 is 16.8 Å². The summed E-state index contributed by atoms with van der Waals surface area (Å²) >= 11 is 0. The Morgan fingerprint density at radius 3 is 2.54 bits per heavy atom. The van der Waals surface area contributed by atoms with Crippen molar-refractivity contribution >= 4 is 17.8 Å². The molecule has 1 heterocycles. The number of aromatic carboxylic acids is 1. The summed E-state index contributed by atoms with van der Waals surface area (Å²) in [6.07, 6.45) is -1.07. The average Bonchev–Trinajstić information content (AvgIpc) is 2.82. The molecule has 3 atom stereocenters. The summed E-state index contributed by atoms with van der Waals surface area (Å²) in [4.78, 5) is 39.1. The summed E-state index contributed by atoms with van der Waals surface area (Å²) in [6, 6.07) is 4.89. The number of likely N-dealkylation sites (N-methyl/N-ethyl adjacent to an activating group) is 1. The number of carboxylic acids is 1. The molecule has 188 valence electrons. The van der Waals surface area contributed by atoms with Crippen molar-refractivity contribution in [2.24, 2.45) is 11.5 Å². The molecule has 0 saturated carbocycles. The molecule has 11 heteroatoms. The van der Waals surface area contributed by atoms with Crippen molar-refractivity contribution in [1.82, 2.24) is 10.2 Å². The third-order valence-electron chi connectivity index (χ3n) is 6.10. The molecule has 11 nitrogen and oxygen atoms in total. The molecule has 1 aliphatic heterocycles. The van der Waals surface area contributed by atoms with Gasteiger partial charge >= 0.3 is 5.97 Å². The molecule has 0 aromatic heterocycles. The second-order valence-corrected chi connectivity index (χ2v) is 8.68. The van der Waals surface area contributed by atoms with E-state index in [-0.39, 0.29) is 49.4 Å². The molecular weight excluding hydrogens is 456 g/mol. The summed E-state index contributed by atoms with van der Waals surface area (Å²) in [5.74, 6) is -2.77. The SMILES string of the molecule is CN1CCc2cc(c(C(=O)O)cc2O)-c2ccc(O)c(c2)C[C@H](N)C(=O)N[C@@H](C[C@@H](O)CN)C1=O. The predicted octanol–water partition coefficient (Wildman–Crippen LogP) is -0.458. The number of amides is 2. The number of benzene rings is 2. The van der Waals surface area contributed by atoms with Gasteiger partial charge in [-0.05, 0) is 52.9 Å². The fraction of sp³-hybridized carbons (Fsp3) is 0.375. The van der Waals surface area contributed by atoms with E-state index in [2.05, 4.69) is 5.32 Å². The molecule has 35 heavy (non-hydrogen) atoms. The molecule has 0 radical (unpaired) electrons. The predicted molar refractivity (Wildman–Crippen MR) is 127 cm³/mol. The third-order valence-corrected chi connectivity index (χ3v) is 6.10. The number of phenols is 2. The van der Waals surface area contributed by atoms with Gasteiger partial charge in [0.05, 0.1) is 17.7 Å². The summed E-state index contributed by atoms with van der Waals surface area (Å²) < 4.78 is 0. The quantitative estimate of drug-likeness (QED) is 0.299. The minimum atomic E-state index is -1.25. The monoisotopic (exact) mass is 486 g/mol. The molecule has 0 spiro atoms. The zero-order valence-corrected chi connectivity index (χ0v) is 19.3. The molecule has 0 fully saturated rings. The molecule has 2 aromatic carbocycles. The summed E-state index contributed by atoms with van der Waals surface area (Å²) in [5.41, 5.74) is 12.9. The lowest BCUT2D eigenvalue weighted by Crippen LogP contribution is -2.54. The van der Waals surface area contributed by atoms with Gasteiger partial charge in [0.2, 0.25) is 11.8 Å². The van der Waals surface area contributed by atoms with E-state index in [9.17, 15) is 34.8 Å². The highest BCUT2D eigenvalue weighted by Gasteiger charge is 2.29. The van der Waals surface area contributed by atoms with Crippen LogP contribution >= 0.6 is 0 Å². The number of aromatic hydroxyl groups is 2. The van der Waals surface area contributed by atoms with Gasteiger partial charge in [-0.2, -0.15) is 0 Å². The van der Waals surface area contributed by atoms with E-state index in [1.165, 1.54) is 36.2 Å². The number of carboxylic acid groups (broad SMARTS) is 1. The van der Waals surface area contributed by atoms with E-state index >= 15 is 0 Å². The molecule has 0 aliphatic carbocycles. The van der Waals surface area contributed by atoms with E-state index < -0.39 is 36.0 Å². The van der Waals surface area contributed by atoms with Crippen molar-refractivity contribution in [2.45, 2.75) is 37.5 Å². The third kappa shape index (κ3) is 5.88. The fourth-order valence-corrected chi connectivity index (χ4v) is 4.03. The maximum atomic E-state index is 13.1. The highest BCUT2D eigenvalue weighted by molar-refractivity contribution is 5.97. The van der Waals surface area contributed by atoms with Gasteiger partial charge in [0.1, 0.15) is 17.5 Å². The number of rotatable bonds is 4. The number of hydrogen-bond acceptors (Lipinski definition) is 8. The van der Waals surface area contributed by atoms with Crippen LogP contribution in [0.5, 0.6) is 11.5 Å². The van der Waals surface area contributed by atoms with Crippen molar-refractivity contribution in [1.29, 1.82) is 0 Å². The zero-order valence-electron chi connectivity index (χ0n) is 19.3. The molecule has 4 bridgehead atoms. The maximum absolute atomic E-state index is 13.1.